The molecule has 0 saturated carbocycles. The van der Waals surface area contributed by atoms with Gasteiger partial charge in [-0.3, -0.25) is 4.99 Å². The molecular weight excluding hydrogens is 305 g/mol. The van der Waals surface area contributed by atoms with E-state index in [2.05, 4.69) is 15.6 Å². The third-order valence-corrected chi connectivity index (χ3v) is 3.78. The number of nitrogens with zero attached hydrogens (tertiary/aromatic N) is 1. The summed E-state index contributed by atoms with van der Waals surface area (Å²) in [6.07, 6.45) is 1.46. The summed E-state index contributed by atoms with van der Waals surface area (Å²) in [6, 6.07) is 13.0. The van der Waals surface area contributed by atoms with Gasteiger partial charge in [-0.15, -0.1) is 0 Å². The van der Waals surface area contributed by atoms with Gasteiger partial charge in [0.2, 0.25) is 0 Å². The molecule has 4 nitrogen and oxygen atoms in total. The van der Waals surface area contributed by atoms with Crippen molar-refractivity contribution in [3.8, 4) is 5.75 Å². The Morgan fingerprint density at radius 1 is 1.21 bits per heavy atom. The lowest BCUT2D eigenvalue weighted by molar-refractivity contribution is 0.315. The molecule has 126 valence electrons. The Bertz CT molecular complexity index is 713. The molecule has 2 aromatic rings. The first kappa shape index (κ1) is 16.3. The van der Waals surface area contributed by atoms with Crippen molar-refractivity contribution in [1.82, 2.24) is 5.32 Å². The van der Waals surface area contributed by atoms with Gasteiger partial charge >= 0.3 is 0 Å². The molecule has 3 rings (SSSR count). The van der Waals surface area contributed by atoms with Gasteiger partial charge in [0.1, 0.15) is 11.6 Å². The zero-order chi connectivity index (χ0) is 16.8. The Labute approximate surface area is 141 Å². The van der Waals surface area contributed by atoms with Gasteiger partial charge in [-0.1, -0.05) is 25.1 Å². The molecule has 0 saturated heterocycles. The van der Waals surface area contributed by atoms with Crippen molar-refractivity contribution < 1.29 is 9.13 Å². The van der Waals surface area contributed by atoms with Crippen LogP contribution < -0.4 is 15.4 Å². The summed E-state index contributed by atoms with van der Waals surface area (Å²) in [5, 5.41) is 6.38. The maximum atomic E-state index is 14.2. The minimum absolute atomic E-state index is 0.227. The Hall–Kier alpha value is -2.56. The van der Waals surface area contributed by atoms with Crippen molar-refractivity contribution in [2.45, 2.75) is 19.8 Å². The quantitative estimate of drug-likeness (QED) is 0.852. The first-order valence-electron chi connectivity index (χ1n) is 8.30. The molecule has 0 aliphatic carbocycles. The minimum Gasteiger partial charge on any atom is -0.494 e. The number of guanidine groups is 1. The molecule has 0 unspecified atom stereocenters. The van der Waals surface area contributed by atoms with Gasteiger partial charge in [-0.25, -0.2) is 4.39 Å². The van der Waals surface area contributed by atoms with Gasteiger partial charge in [0.05, 0.1) is 13.2 Å². The summed E-state index contributed by atoms with van der Waals surface area (Å²) in [4.78, 5) is 4.30. The fraction of sp³-hybridized carbons (Fsp3) is 0.316. The second-order valence-corrected chi connectivity index (χ2v) is 5.76. The molecule has 1 aliphatic heterocycles. The van der Waals surface area contributed by atoms with Crippen LogP contribution in [-0.4, -0.2) is 25.7 Å². The van der Waals surface area contributed by atoms with Crippen LogP contribution in [0.15, 0.2) is 47.5 Å². The largest absolute Gasteiger partial charge is 0.494 e. The number of hydrogen-bond donors (Lipinski definition) is 2. The number of anilines is 1. The van der Waals surface area contributed by atoms with E-state index in [1.165, 1.54) is 6.07 Å². The molecule has 1 aliphatic rings. The standard InChI is InChI=1S/C19H22FN3O/c1-2-11-24-17-8-5-15(18(20)13-17)12-14-3-6-16(7-4-14)23-19-21-9-10-22-19/h3-8,13H,2,9-12H2,1H3,(H2,21,22,23). The van der Waals surface area contributed by atoms with Crippen LogP contribution in [0, 0.1) is 5.82 Å². The molecule has 0 amide bonds. The van der Waals surface area contributed by atoms with E-state index in [0.717, 1.165) is 36.7 Å². The molecule has 2 aromatic carbocycles. The summed E-state index contributed by atoms with van der Waals surface area (Å²) in [7, 11) is 0. The third kappa shape index (κ3) is 4.25. The monoisotopic (exact) mass is 327 g/mol. The molecule has 0 aromatic heterocycles. The van der Waals surface area contributed by atoms with Crippen LogP contribution in [0.2, 0.25) is 0 Å². The number of halogens is 1. The van der Waals surface area contributed by atoms with Gasteiger partial charge in [0.25, 0.3) is 0 Å². The van der Waals surface area contributed by atoms with E-state index in [9.17, 15) is 4.39 Å². The zero-order valence-electron chi connectivity index (χ0n) is 13.8. The van der Waals surface area contributed by atoms with E-state index in [1.807, 2.05) is 37.3 Å². The molecule has 0 fully saturated rings. The predicted molar refractivity (Wildman–Crippen MR) is 95.4 cm³/mol. The van der Waals surface area contributed by atoms with E-state index in [-0.39, 0.29) is 5.82 Å². The number of ether oxygens (including phenoxy) is 1. The van der Waals surface area contributed by atoms with Gasteiger partial charge in [0.15, 0.2) is 5.96 Å². The van der Waals surface area contributed by atoms with Crippen LogP contribution in [0.1, 0.15) is 24.5 Å². The molecule has 0 bridgehead atoms. The van der Waals surface area contributed by atoms with Crippen molar-refractivity contribution in [3.05, 3.63) is 59.4 Å². The molecule has 5 heteroatoms. The summed E-state index contributed by atoms with van der Waals surface area (Å²) in [6.45, 7) is 4.31. The highest BCUT2D eigenvalue weighted by Crippen LogP contribution is 2.20. The molecule has 0 atom stereocenters. The Kier molecular flexibility index (Phi) is 5.31. The van der Waals surface area contributed by atoms with Crippen LogP contribution in [0.3, 0.4) is 0 Å². The highest BCUT2D eigenvalue weighted by atomic mass is 19.1. The average Bonchev–Trinajstić information content (AvgIpc) is 3.10. The van der Waals surface area contributed by atoms with Crippen molar-refractivity contribution in [2.75, 3.05) is 25.0 Å². The molecular formula is C19H22FN3O. The van der Waals surface area contributed by atoms with Gasteiger partial charge in [0, 0.05) is 24.7 Å². The highest BCUT2D eigenvalue weighted by Gasteiger charge is 2.07. The Balaban J connectivity index is 1.63. The SMILES string of the molecule is CCCOc1ccc(Cc2ccc(NC3=NCCN3)cc2)c(F)c1. The second kappa shape index (κ2) is 7.81. The van der Waals surface area contributed by atoms with Crippen LogP contribution in [0.5, 0.6) is 5.75 Å². The van der Waals surface area contributed by atoms with Crippen molar-refractivity contribution >= 4 is 11.6 Å². The summed E-state index contributed by atoms with van der Waals surface area (Å²) in [5.41, 5.74) is 2.69. The fourth-order valence-corrected chi connectivity index (χ4v) is 2.53. The molecule has 24 heavy (non-hydrogen) atoms. The van der Waals surface area contributed by atoms with Crippen molar-refractivity contribution in [3.63, 3.8) is 0 Å². The average molecular weight is 327 g/mol. The zero-order valence-corrected chi connectivity index (χ0v) is 13.8. The fourth-order valence-electron chi connectivity index (χ4n) is 2.53. The molecule has 0 radical (unpaired) electrons. The third-order valence-electron chi connectivity index (χ3n) is 3.78. The predicted octanol–water partition coefficient (Wildman–Crippen LogP) is 3.58. The molecule has 2 N–H and O–H groups in total. The lowest BCUT2D eigenvalue weighted by Crippen LogP contribution is -2.26. The van der Waals surface area contributed by atoms with Crippen LogP contribution in [0.4, 0.5) is 10.1 Å². The van der Waals surface area contributed by atoms with E-state index in [1.54, 1.807) is 6.07 Å². The van der Waals surface area contributed by atoms with E-state index < -0.39 is 0 Å². The number of hydrogen-bond acceptors (Lipinski definition) is 4. The van der Waals surface area contributed by atoms with E-state index in [0.29, 0.717) is 24.3 Å². The normalized spacial score (nSPS) is 13.3. The topological polar surface area (TPSA) is 45.6 Å². The van der Waals surface area contributed by atoms with Gasteiger partial charge in [-0.2, -0.15) is 0 Å². The number of aliphatic imine (C=N–C) groups is 1. The van der Waals surface area contributed by atoms with Crippen molar-refractivity contribution in [1.29, 1.82) is 0 Å². The molecule has 0 spiro atoms. The number of rotatable bonds is 6. The highest BCUT2D eigenvalue weighted by molar-refractivity contribution is 5.94. The Morgan fingerprint density at radius 3 is 2.71 bits per heavy atom. The first-order valence-corrected chi connectivity index (χ1v) is 8.30. The minimum atomic E-state index is -0.227. The Morgan fingerprint density at radius 2 is 2.04 bits per heavy atom. The van der Waals surface area contributed by atoms with Crippen LogP contribution >= 0.6 is 0 Å². The smallest absolute Gasteiger partial charge is 0.195 e. The van der Waals surface area contributed by atoms with E-state index >= 15 is 0 Å². The first-order chi connectivity index (χ1) is 11.7. The van der Waals surface area contributed by atoms with Crippen LogP contribution in [0.25, 0.3) is 0 Å². The van der Waals surface area contributed by atoms with E-state index in [4.69, 9.17) is 4.74 Å². The van der Waals surface area contributed by atoms with Crippen LogP contribution in [-0.2, 0) is 6.42 Å². The second-order valence-electron chi connectivity index (χ2n) is 5.76. The van der Waals surface area contributed by atoms with Gasteiger partial charge < -0.3 is 15.4 Å². The van der Waals surface area contributed by atoms with Crippen molar-refractivity contribution in [2.24, 2.45) is 4.99 Å². The maximum absolute atomic E-state index is 14.2. The summed E-state index contributed by atoms with van der Waals surface area (Å²) in [5.74, 6) is 1.16. The maximum Gasteiger partial charge on any atom is 0.195 e. The summed E-state index contributed by atoms with van der Waals surface area (Å²) < 4.78 is 19.7. The lowest BCUT2D eigenvalue weighted by Gasteiger charge is -2.09. The summed E-state index contributed by atoms with van der Waals surface area (Å²) >= 11 is 0. The molecule has 1 heterocycles. The number of benzene rings is 2. The lowest BCUT2D eigenvalue weighted by atomic mass is 10.0. The van der Waals surface area contributed by atoms with Gasteiger partial charge in [-0.05, 0) is 35.7 Å². The number of nitrogens with one attached hydrogen (secondary N) is 2.